The Labute approximate surface area is 186 Å². The Morgan fingerprint density at radius 1 is 0.906 bits per heavy atom. The number of benzene rings is 2. The predicted molar refractivity (Wildman–Crippen MR) is 124 cm³/mol. The van der Waals surface area contributed by atoms with Crippen LogP contribution in [-0.4, -0.2) is 60.2 Å². The third-order valence-corrected chi connectivity index (χ3v) is 5.85. The van der Waals surface area contributed by atoms with Crippen molar-refractivity contribution < 1.29 is 9.13 Å². The van der Waals surface area contributed by atoms with Crippen molar-refractivity contribution in [3.63, 3.8) is 0 Å². The fourth-order valence-electron chi connectivity index (χ4n) is 4.06. The highest BCUT2D eigenvalue weighted by Gasteiger charge is 2.22. The van der Waals surface area contributed by atoms with Crippen LogP contribution in [0.4, 0.5) is 10.2 Å². The zero-order valence-electron chi connectivity index (χ0n) is 18.1. The number of aromatic nitrogens is 3. The smallest absolute Gasteiger partial charge is 0.163 e. The number of hydrogen-bond acceptors (Lipinski definition) is 6. The SMILES string of the molecule is COc1cc(-c2cccc(F)c2)cc2c(N3CCN(C)CC3)nc(-c3cccnc3)nc12. The minimum absolute atomic E-state index is 0.274. The van der Waals surface area contributed by atoms with Crippen molar-refractivity contribution in [3.8, 4) is 28.3 Å². The van der Waals surface area contributed by atoms with E-state index in [2.05, 4.69) is 21.8 Å². The van der Waals surface area contributed by atoms with Crippen LogP contribution in [0.15, 0.2) is 60.9 Å². The standard InChI is InChI=1S/C25H24FN5O/c1-30-9-11-31(12-10-30)25-21-14-19(17-5-3-7-20(26)13-17)15-22(32-2)23(21)28-24(29-25)18-6-4-8-27-16-18/h3-8,13-16H,9-12H2,1-2H3. The number of nitrogens with zero attached hydrogens (tertiary/aromatic N) is 5. The van der Waals surface area contributed by atoms with E-state index >= 15 is 0 Å². The molecule has 0 saturated carbocycles. The molecule has 7 heteroatoms. The van der Waals surface area contributed by atoms with Gasteiger partial charge in [0.15, 0.2) is 5.82 Å². The zero-order chi connectivity index (χ0) is 22.1. The number of hydrogen-bond donors (Lipinski definition) is 0. The van der Waals surface area contributed by atoms with Crippen molar-refractivity contribution in [2.75, 3.05) is 45.2 Å². The van der Waals surface area contributed by atoms with Crippen LogP contribution in [0.5, 0.6) is 5.75 Å². The molecule has 2 aromatic carbocycles. The normalized spacial score (nSPS) is 14.7. The Morgan fingerprint density at radius 2 is 1.72 bits per heavy atom. The number of anilines is 1. The van der Waals surface area contributed by atoms with Crippen LogP contribution in [0.3, 0.4) is 0 Å². The van der Waals surface area contributed by atoms with Gasteiger partial charge in [-0.05, 0) is 54.6 Å². The molecule has 2 aromatic heterocycles. The second-order valence-electron chi connectivity index (χ2n) is 7.99. The lowest BCUT2D eigenvalue weighted by Gasteiger charge is -2.34. The number of pyridine rings is 1. The third kappa shape index (κ3) is 3.87. The maximum atomic E-state index is 13.9. The van der Waals surface area contributed by atoms with Gasteiger partial charge in [0, 0.05) is 49.5 Å². The molecular formula is C25H24FN5O. The maximum Gasteiger partial charge on any atom is 0.163 e. The molecule has 1 saturated heterocycles. The number of methoxy groups -OCH3 is 1. The van der Waals surface area contributed by atoms with Crippen molar-refractivity contribution in [2.45, 2.75) is 0 Å². The van der Waals surface area contributed by atoms with Gasteiger partial charge >= 0.3 is 0 Å². The van der Waals surface area contributed by atoms with E-state index in [-0.39, 0.29) is 5.82 Å². The average molecular weight is 429 g/mol. The fourth-order valence-corrected chi connectivity index (χ4v) is 4.06. The Kier molecular flexibility index (Phi) is 5.41. The Hall–Kier alpha value is -3.58. The quantitative estimate of drug-likeness (QED) is 0.483. The summed E-state index contributed by atoms with van der Waals surface area (Å²) in [5, 5.41) is 0.890. The lowest BCUT2D eigenvalue weighted by Crippen LogP contribution is -2.45. The molecule has 5 rings (SSSR count). The molecule has 1 aliphatic rings. The van der Waals surface area contributed by atoms with Crippen LogP contribution >= 0.6 is 0 Å². The molecule has 0 bridgehead atoms. The van der Waals surface area contributed by atoms with Crippen molar-refractivity contribution in [1.82, 2.24) is 19.9 Å². The Balaban J connectivity index is 1.75. The third-order valence-electron chi connectivity index (χ3n) is 5.85. The highest BCUT2D eigenvalue weighted by Crippen LogP contribution is 2.37. The summed E-state index contributed by atoms with van der Waals surface area (Å²) in [6.07, 6.45) is 3.50. The number of fused-ring (bicyclic) bond motifs is 1. The molecule has 162 valence electrons. The first-order valence-electron chi connectivity index (χ1n) is 10.6. The summed E-state index contributed by atoms with van der Waals surface area (Å²) in [5.41, 5.74) is 3.23. The molecule has 32 heavy (non-hydrogen) atoms. The van der Waals surface area contributed by atoms with Crippen LogP contribution in [-0.2, 0) is 0 Å². The van der Waals surface area contributed by atoms with Gasteiger partial charge in [-0.3, -0.25) is 4.98 Å². The average Bonchev–Trinajstić information content (AvgIpc) is 2.84. The highest BCUT2D eigenvalue weighted by molar-refractivity contribution is 5.98. The summed E-state index contributed by atoms with van der Waals surface area (Å²) < 4.78 is 19.7. The molecular weight excluding hydrogens is 405 g/mol. The summed E-state index contributed by atoms with van der Waals surface area (Å²) in [5.74, 6) is 1.82. The number of ether oxygens (including phenoxy) is 1. The molecule has 0 atom stereocenters. The van der Waals surface area contributed by atoms with Crippen molar-refractivity contribution in [1.29, 1.82) is 0 Å². The minimum Gasteiger partial charge on any atom is -0.494 e. The molecule has 1 aliphatic heterocycles. The van der Waals surface area contributed by atoms with Gasteiger partial charge in [-0.2, -0.15) is 0 Å². The topological polar surface area (TPSA) is 54.4 Å². The molecule has 0 spiro atoms. The molecule has 3 heterocycles. The summed E-state index contributed by atoms with van der Waals surface area (Å²) >= 11 is 0. The van der Waals surface area contributed by atoms with E-state index in [0.717, 1.165) is 59.6 Å². The van der Waals surface area contributed by atoms with E-state index in [0.29, 0.717) is 11.6 Å². The van der Waals surface area contributed by atoms with Gasteiger partial charge in [0.2, 0.25) is 0 Å². The lowest BCUT2D eigenvalue weighted by molar-refractivity contribution is 0.312. The summed E-state index contributed by atoms with van der Waals surface area (Å²) in [7, 11) is 3.76. The number of piperazine rings is 1. The van der Waals surface area contributed by atoms with Crippen LogP contribution < -0.4 is 9.64 Å². The molecule has 1 fully saturated rings. The van der Waals surface area contributed by atoms with Gasteiger partial charge in [0.25, 0.3) is 0 Å². The van der Waals surface area contributed by atoms with Crippen LogP contribution in [0.1, 0.15) is 0 Å². The van der Waals surface area contributed by atoms with E-state index in [1.165, 1.54) is 12.1 Å². The Bertz CT molecular complexity index is 1260. The van der Waals surface area contributed by atoms with Crippen molar-refractivity contribution in [3.05, 3.63) is 66.7 Å². The van der Waals surface area contributed by atoms with Crippen LogP contribution in [0, 0.1) is 5.82 Å². The second-order valence-corrected chi connectivity index (χ2v) is 7.99. The van der Waals surface area contributed by atoms with Gasteiger partial charge in [-0.25, -0.2) is 14.4 Å². The maximum absolute atomic E-state index is 13.9. The van der Waals surface area contributed by atoms with E-state index in [1.54, 1.807) is 25.6 Å². The molecule has 4 aromatic rings. The molecule has 0 amide bonds. The Morgan fingerprint density at radius 3 is 2.44 bits per heavy atom. The zero-order valence-corrected chi connectivity index (χ0v) is 18.1. The first-order valence-corrected chi connectivity index (χ1v) is 10.6. The lowest BCUT2D eigenvalue weighted by atomic mass is 10.0. The van der Waals surface area contributed by atoms with Crippen molar-refractivity contribution in [2.24, 2.45) is 0 Å². The first-order chi connectivity index (χ1) is 15.6. The largest absolute Gasteiger partial charge is 0.494 e. The van der Waals surface area contributed by atoms with Gasteiger partial charge in [-0.1, -0.05) is 12.1 Å². The van der Waals surface area contributed by atoms with Gasteiger partial charge in [0.1, 0.15) is 22.9 Å². The molecule has 0 aliphatic carbocycles. The number of likely N-dealkylation sites (N-methyl/N-ethyl adjacent to an activating group) is 1. The van der Waals surface area contributed by atoms with Crippen LogP contribution in [0.2, 0.25) is 0 Å². The van der Waals surface area contributed by atoms with Gasteiger partial charge in [0.05, 0.1) is 7.11 Å². The predicted octanol–water partition coefficient (Wildman–Crippen LogP) is 4.26. The number of halogens is 1. The molecule has 0 N–H and O–H groups in total. The van der Waals surface area contributed by atoms with E-state index in [9.17, 15) is 4.39 Å². The van der Waals surface area contributed by atoms with Crippen LogP contribution in [0.25, 0.3) is 33.4 Å². The number of rotatable bonds is 4. The monoisotopic (exact) mass is 429 g/mol. The molecule has 0 unspecified atom stereocenters. The van der Waals surface area contributed by atoms with E-state index in [4.69, 9.17) is 14.7 Å². The minimum atomic E-state index is -0.274. The van der Waals surface area contributed by atoms with E-state index < -0.39 is 0 Å². The molecule has 0 radical (unpaired) electrons. The van der Waals surface area contributed by atoms with E-state index in [1.807, 2.05) is 30.3 Å². The van der Waals surface area contributed by atoms with Crippen molar-refractivity contribution >= 4 is 16.7 Å². The summed E-state index contributed by atoms with van der Waals surface area (Å²) in [6.45, 7) is 3.63. The summed E-state index contributed by atoms with van der Waals surface area (Å²) in [4.78, 5) is 18.7. The first kappa shape index (κ1) is 20.3. The second kappa shape index (κ2) is 8.51. The fraction of sp³-hybridized carbons (Fsp3) is 0.240. The molecule has 6 nitrogen and oxygen atoms in total. The highest BCUT2D eigenvalue weighted by atomic mass is 19.1. The van der Waals surface area contributed by atoms with Gasteiger partial charge < -0.3 is 14.5 Å². The summed E-state index contributed by atoms with van der Waals surface area (Å²) in [6, 6.07) is 14.4. The van der Waals surface area contributed by atoms with Gasteiger partial charge in [-0.15, -0.1) is 0 Å².